The van der Waals surface area contributed by atoms with Crippen molar-refractivity contribution in [3.63, 3.8) is 0 Å². The molecule has 0 radical (unpaired) electrons. The van der Waals surface area contributed by atoms with Gasteiger partial charge in [0.05, 0.1) is 12.5 Å². The minimum atomic E-state index is -0.116. The maximum atomic E-state index is 11.4. The molecule has 0 aromatic heterocycles. The summed E-state index contributed by atoms with van der Waals surface area (Å²) < 4.78 is 5.06. The summed E-state index contributed by atoms with van der Waals surface area (Å²) in [4.78, 5) is 11.4. The maximum Gasteiger partial charge on any atom is 0.309 e. The number of carbonyl (C=O) groups is 1. The molecule has 0 heterocycles. The first-order valence-corrected chi connectivity index (χ1v) is 4.67. The van der Waals surface area contributed by atoms with E-state index in [1.807, 2.05) is 27.7 Å². The molecule has 1 atom stereocenters. The van der Waals surface area contributed by atoms with E-state index in [-0.39, 0.29) is 17.3 Å². The van der Waals surface area contributed by atoms with Gasteiger partial charge in [-0.15, -0.1) is 6.58 Å². The fraction of sp³-hybridized carbons (Fsp3) is 0.727. The van der Waals surface area contributed by atoms with E-state index in [1.54, 1.807) is 6.08 Å². The van der Waals surface area contributed by atoms with Crippen LogP contribution < -0.4 is 0 Å². The minimum Gasteiger partial charge on any atom is -0.465 e. The molecular weight excluding hydrogens is 164 g/mol. The first-order valence-electron chi connectivity index (χ1n) is 4.67. The van der Waals surface area contributed by atoms with E-state index in [0.29, 0.717) is 6.61 Å². The Kier molecular flexibility index (Phi) is 4.74. The van der Waals surface area contributed by atoms with Crippen LogP contribution in [-0.2, 0) is 9.53 Å². The number of esters is 1. The molecule has 0 rings (SSSR count). The summed E-state index contributed by atoms with van der Waals surface area (Å²) in [6, 6.07) is 0. The SMILES string of the molecule is C=CCCOC(=O)[C@@H](C)C(C)(C)C. The van der Waals surface area contributed by atoms with Crippen molar-refractivity contribution in [2.24, 2.45) is 11.3 Å². The van der Waals surface area contributed by atoms with Crippen molar-refractivity contribution in [2.75, 3.05) is 6.61 Å². The average molecular weight is 184 g/mol. The molecule has 0 aromatic rings. The molecular formula is C11H20O2. The van der Waals surface area contributed by atoms with Gasteiger partial charge in [-0.25, -0.2) is 0 Å². The van der Waals surface area contributed by atoms with Crippen LogP contribution in [0.3, 0.4) is 0 Å². The van der Waals surface area contributed by atoms with Crippen molar-refractivity contribution in [3.05, 3.63) is 12.7 Å². The molecule has 0 spiro atoms. The van der Waals surface area contributed by atoms with Crippen LogP contribution in [0.5, 0.6) is 0 Å². The quantitative estimate of drug-likeness (QED) is 0.381. The number of hydrogen-bond acceptors (Lipinski definition) is 2. The molecule has 0 aliphatic rings. The second kappa shape index (κ2) is 5.05. The lowest BCUT2D eigenvalue weighted by atomic mass is 9.82. The number of hydrogen-bond donors (Lipinski definition) is 0. The van der Waals surface area contributed by atoms with E-state index in [2.05, 4.69) is 6.58 Å². The van der Waals surface area contributed by atoms with Gasteiger partial charge in [0.25, 0.3) is 0 Å². The smallest absolute Gasteiger partial charge is 0.309 e. The van der Waals surface area contributed by atoms with E-state index < -0.39 is 0 Å². The summed E-state index contributed by atoms with van der Waals surface area (Å²) in [5, 5.41) is 0. The molecule has 0 N–H and O–H groups in total. The van der Waals surface area contributed by atoms with Gasteiger partial charge in [-0.1, -0.05) is 33.8 Å². The Hall–Kier alpha value is -0.790. The molecule has 0 aromatic carbocycles. The van der Waals surface area contributed by atoms with Crippen molar-refractivity contribution >= 4 is 5.97 Å². The first-order chi connectivity index (χ1) is 5.89. The van der Waals surface area contributed by atoms with Crippen molar-refractivity contribution in [1.29, 1.82) is 0 Å². The van der Waals surface area contributed by atoms with Crippen LogP contribution in [0.15, 0.2) is 12.7 Å². The van der Waals surface area contributed by atoms with E-state index in [1.165, 1.54) is 0 Å². The molecule has 13 heavy (non-hydrogen) atoms. The highest BCUT2D eigenvalue weighted by molar-refractivity contribution is 5.72. The number of rotatable bonds is 4. The Morgan fingerprint density at radius 1 is 1.54 bits per heavy atom. The van der Waals surface area contributed by atoms with Gasteiger partial charge in [-0.3, -0.25) is 4.79 Å². The third kappa shape index (κ3) is 4.71. The molecule has 0 unspecified atom stereocenters. The molecule has 0 saturated heterocycles. The van der Waals surface area contributed by atoms with Gasteiger partial charge in [0.2, 0.25) is 0 Å². The zero-order valence-electron chi connectivity index (χ0n) is 9.09. The summed E-state index contributed by atoms with van der Waals surface area (Å²) in [6.45, 7) is 12.0. The Balaban J connectivity index is 3.90. The van der Waals surface area contributed by atoms with Crippen LogP contribution in [0, 0.1) is 11.3 Å². The van der Waals surface area contributed by atoms with Crippen molar-refractivity contribution in [3.8, 4) is 0 Å². The molecule has 2 heteroatoms. The van der Waals surface area contributed by atoms with Crippen molar-refractivity contribution in [2.45, 2.75) is 34.1 Å². The second-order valence-corrected chi connectivity index (χ2v) is 4.33. The lowest BCUT2D eigenvalue weighted by Gasteiger charge is -2.25. The maximum absolute atomic E-state index is 11.4. The molecule has 0 amide bonds. The Bertz CT molecular complexity index is 177. The van der Waals surface area contributed by atoms with Crippen molar-refractivity contribution < 1.29 is 9.53 Å². The number of ether oxygens (including phenoxy) is 1. The Morgan fingerprint density at radius 3 is 2.46 bits per heavy atom. The molecule has 76 valence electrons. The van der Waals surface area contributed by atoms with Gasteiger partial charge < -0.3 is 4.74 Å². The third-order valence-electron chi connectivity index (χ3n) is 2.22. The zero-order chi connectivity index (χ0) is 10.5. The largest absolute Gasteiger partial charge is 0.465 e. The van der Waals surface area contributed by atoms with Crippen LogP contribution in [0.4, 0.5) is 0 Å². The molecule has 0 saturated carbocycles. The van der Waals surface area contributed by atoms with E-state index in [9.17, 15) is 4.79 Å². The van der Waals surface area contributed by atoms with Gasteiger partial charge in [-0.2, -0.15) is 0 Å². The van der Waals surface area contributed by atoms with Gasteiger partial charge >= 0.3 is 5.97 Å². The molecule has 0 aliphatic carbocycles. The average Bonchev–Trinajstić information content (AvgIpc) is 2.01. The van der Waals surface area contributed by atoms with Gasteiger partial charge in [0, 0.05) is 0 Å². The normalized spacial score (nSPS) is 13.5. The highest BCUT2D eigenvalue weighted by Crippen LogP contribution is 2.26. The van der Waals surface area contributed by atoms with E-state index in [0.717, 1.165) is 6.42 Å². The summed E-state index contributed by atoms with van der Waals surface area (Å²) >= 11 is 0. The predicted octanol–water partition coefficient (Wildman–Crippen LogP) is 2.79. The van der Waals surface area contributed by atoms with Crippen LogP contribution in [0.25, 0.3) is 0 Å². The fourth-order valence-electron chi connectivity index (χ4n) is 0.721. The minimum absolute atomic E-state index is 0.0226. The highest BCUT2D eigenvalue weighted by atomic mass is 16.5. The standard InChI is InChI=1S/C11H20O2/c1-6-7-8-13-10(12)9(2)11(3,4)5/h6,9H,1,7-8H2,2-5H3/t9-/m1/s1. The summed E-state index contributed by atoms with van der Waals surface area (Å²) in [7, 11) is 0. The van der Waals surface area contributed by atoms with E-state index >= 15 is 0 Å². The van der Waals surface area contributed by atoms with Crippen LogP contribution in [0.2, 0.25) is 0 Å². The Labute approximate surface area is 81.0 Å². The number of carbonyl (C=O) groups excluding carboxylic acids is 1. The van der Waals surface area contributed by atoms with Crippen LogP contribution >= 0.6 is 0 Å². The fourth-order valence-corrected chi connectivity index (χ4v) is 0.721. The molecule has 0 aliphatic heterocycles. The van der Waals surface area contributed by atoms with Gasteiger partial charge in [0.1, 0.15) is 0 Å². The second-order valence-electron chi connectivity index (χ2n) is 4.33. The van der Waals surface area contributed by atoms with Gasteiger partial charge in [0.15, 0.2) is 0 Å². The van der Waals surface area contributed by atoms with Crippen LogP contribution in [-0.4, -0.2) is 12.6 Å². The molecule has 2 nitrogen and oxygen atoms in total. The molecule has 0 fully saturated rings. The summed E-state index contributed by atoms with van der Waals surface area (Å²) in [5.41, 5.74) is -0.0226. The third-order valence-corrected chi connectivity index (χ3v) is 2.22. The zero-order valence-corrected chi connectivity index (χ0v) is 9.09. The monoisotopic (exact) mass is 184 g/mol. The highest BCUT2D eigenvalue weighted by Gasteiger charge is 2.27. The van der Waals surface area contributed by atoms with Crippen molar-refractivity contribution in [1.82, 2.24) is 0 Å². The lowest BCUT2D eigenvalue weighted by molar-refractivity contribution is -0.151. The van der Waals surface area contributed by atoms with Gasteiger partial charge in [-0.05, 0) is 11.8 Å². The molecule has 0 bridgehead atoms. The summed E-state index contributed by atoms with van der Waals surface area (Å²) in [6.07, 6.45) is 2.47. The lowest BCUT2D eigenvalue weighted by Crippen LogP contribution is -2.27. The first kappa shape index (κ1) is 12.2. The topological polar surface area (TPSA) is 26.3 Å². The van der Waals surface area contributed by atoms with E-state index in [4.69, 9.17) is 4.74 Å². The van der Waals surface area contributed by atoms with Crippen LogP contribution in [0.1, 0.15) is 34.1 Å². The predicted molar refractivity (Wildman–Crippen MR) is 54.4 cm³/mol. The summed E-state index contributed by atoms with van der Waals surface area (Å²) in [5.74, 6) is -0.174. The Morgan fingerprint density at radius 2 is 2.08 bits per heavy atom.